The predicted molar refractivity (Wildman–Crippen MR) is 51.3 cm³/mol. The Kier molecular flexibility index (Phi) is 3.20. The molecule has 1 rings (SSSR count). The fourth-order valence-electron chi connectivity index (χ4n) is 0.973. The maximum absolute atomic E-state index is 10.3. The highest BCUT2D eigenvalue weighted by atomic mass is 16.6. The zero-order valence-corrected chi connectivity index (χ0v) is 7.14. The lowest BCUT2D eigenvalue weighted by Crippen LogP contribution is -1.89. The first-order valence-corrected chi connectivity index (χ1v) is 3.91. The highest BCUT2D eigenvalue weighted by molar-refractivity contribution is 5.33. The molecule has 1 radical (unpaired) electrons. The molecule has 3 nitrogen and oxygen atoms in total. The number of hydrogen-bond donors (Lipinski definition) is 0. The third-order valence-electron chi connectivity index (χ3n) is 1.67. The Morgan fingerprint density at radius 3 is 2.46 bits per heavy atom. The second kappa shape index (κ2) is 4.40. The summed E-state index contributed by atoms with van der Waals surface area (Å²) >= 11 is 0. The lowest BCUT2D eigenvalue weighted by atomic mass is 10.1. The summed E-state index contributed by atoms with van der Waals surface area (Å²) in [6.45, 7) is 3.56. The first-order valence-electron chi connectivity index (χ1n) is 3.91. The van der Waals surface area contributed by atoms with Crippen molar-refractivity contribution in [1.82, 2.24) is 0 Å². The Morgan fingerprint density at radius 1 is 1.38 bits per heavy atom. The maximum Gasteiger partial charge on any atom is 0.269 e. The van der Waals surface area contributed by atoms with E-state index in [1.807, 2.05) is 6.42 Å². The molecule has 0 heterocycles. The smallest absolute Gasteiger partial charge is 0.258 e. The molecule has 0 bridgehead atoms. The van der Waals surface area contributed by atoms with E-state index in [1.165, 1.54) is 12.1 Å². The van der Waals surface area contributed by atoms with Gasteiger partial charge in [0, 0.05) is 12.1 Å². The first-order chi connectivity index (χ1) is 6.24. The van der Waals surface area contributed by atoms with Crippen LogP contribution in [0.2, 0.25) is 0 Å². The van der Waals surface area contributed by atoms with Gasteiger partial charge in [-0.25, -0.2) is 0 Å². The summed E-state index contributed by atoms with van der Waals surface area (Å²) in [4.78, 5) is 9.91. The molecule has 0 aliphatic carbocycles. The molecule has 1 aromatic rings. The van der Waals surface area contributed by atoms with Crippen molar-refractivity contribution < 1.29 is 4.92 Å². The average molecular weight is 176 g/mol. The minimum atomic E-state index is -0.402. The van der Waals surface area contributed by atoms with Crippen LogP contribution in [0.5, 0.6) is 0 Å². The highest BCUT2D eigenvalue weighted by Gasteiger charge is 2.02. The van der Waals surface area contributed by atoms with E-state index in [1.54, 1.807) is 18.2 Å². The highest BCUT2D eigenvalue weighted by Crippen LogP contribution is 2.12. The van der Waals surface area contributed by atoms with E-state index in [9.17, 15) is 10.1 Å². The number of nitro groups is 1. The molecule has 0 saturated heterocycles. The molecule has 0 fully saturated rings. The quantitative estimate of drug-likeness (QED) is 0.522. The summed E-state index contributed by atoms with van der Waals surface area (Å²) in [5, 5.41) is 10.3. The van der Waals surface area contributed by atoms with Crippen molar-refractivity contribution in [2.24, 2.45) is 0 Å². The average Bonchev–Trinajstić information content (AvgIpc) is 2.15. The van der Waals surface area contributed by atoms with E-state index in [-0.39, 0.29) is 5.69 Å². The number of allylic oxidation sites excluding steroid dienone is 1. The van der Waals surface area contributed by atoms with Crippen molar-refractivity contribution in [1.29, 1.82) is 0 Å². The minimum absolute atomic E-state index is 0.127. The molecule has 0 amide bonds. The second-order valence-electron chi connectivity index (χ2n) is 2.60. The third kappa shape index (κ3) is 2.71. The molecule has 0 unspecified atom stereocenters. The predicted octanol–water partition coefficient (Wildman–Crippen LogP) is 2.53. The molecular weight excluding hydrogens is 166 g/mol. The van der Waals surface area contributed by atoms with Crippen LogP contribution < -0.4 is 0 Å². The fourth-order valence-corrected chi connectivity index (χ4v) is 0.973. The standard InChI is InChI=1S/C10H10NO2/c1-2-3-4-9-5-7-10(8-6-9)11(12)13/h2-3,5-8H,1,4H2. The molecule has 0 aromatic heterocycles. The number of nitrogens with zero attached hydrogens (tertiary/aromatic N) is 1. The molecule has 0 atom stereocenters. The Balaban J connectivity index is 2.69. The van der Waals surface area contributed by atoms with Gasteiger partial charge in [0.25, 0.3) is 5.69 Å². The summed E-state index contributed by atoms with van der Waals surface area (Å²) in [7, 11) is 0. The lowest BCUT2D eigenvalue weighted by Gasteiger charge is -1.96. The molecule has 67 valence electrons. The lowest BCUT2D eigenvalue weighted by molar-refractivity contribution is -0.384. The molecular formula is C10H10NO2. The number of non-ortho nitro benzene ring substituents is 1. The van der Waals surface area contributed by atoms with Crippen molar-refractivity contribution in [3.05, 3.63) is 59.0 Å². The zero-order valence-electron chi connectivity index (χ0n) is 7.14. The summed E-state index contributed by atoms with van der Waals surface area (Å²) < 4.78 is 0. The van der Waals surface area contributed by atoms with Crippen LogP contribution in [0, 0.1) is 16.5 Å². The van der Waals surface area contributed by atoms with Crippen LogP contribution in [-0.4, -0.2) is 4.92 Å². The van der Waals surface area contributed by atoms with Crippen molar-refractivity contribution in [2.45, 2.75) is 6.42 Å². The van der Waals surface area contributed by atoms with Crippen molar-refractivity contribution in [2.75, 3.05) is 0 Å². The van der Waals surface area contributed by atoms with E-state index < -0.39 is 4.92 Å². The Morgan fingerprint density at radius 2 is 2.00 bits per heavy atom. The van der Waals surface area contributed by atoms with Gasteiger partial charge in [-0.2, -0.15) is 0 Å². The van der Waals surface area contributed by atoms with Gasteiger partial charge in [0.1, 0.15) is 0 Å². The normalized spacial score (nSPS) is 9.54. The van der Waals surface area contributed by atoms with Crippen LogP contribution in [0.4, 0.5) is 5.69 Å². The van der Waals surface area contributed by atoms with Crippen LogP contribution in [-0.2, 0) is 6.42 Å². The zero-order chi connectivity index (χ0) is 9.68. The second-order valence-corrected chi connectivity index (χ2v) is 2.60. The van der Waals surface area contributed by atoms with Gasteiger partial charge >= 0.3 is 0 Å². The van der Waals surface area contributed by atoms with Crippen molar-refractivity contribution in [3.63, 3.8) is 0 Å². The van der Waals surface area contributed by atoms with Gasteiger partial charge in [-0.1, -0.05) is 18.2 Å². The van der Waals surface area contributed by atoms with Gasteiger partial charge < -0.3 is 0 Å². The van der Waals surface area contributed by atoms with Crippen LogP contribution in [0.1, 0.15) is 5.56 Å². The SMILES string of the molecule is C=C[CH]Cc1ccc([N+](=O)[O-])cc1. The number of benzene rings is 1. The van der Waals surface area contributed by atoms with Crippen molar-refractivity contribution >= 4 is 5.69 Å². The summed E-state index contributed by atoms with van der Waals surface area (Å²) in [6.07, 6.45) is 4.38. The van der Waals surface area contributed by atoms with E-state index in [4.69, 9.17) is 0 Å². The van der Waals surface area contributed by atoms with Crippen molar-refractivity contribution in [3.8, 4) is 0 Å². The van der Waals surface area contributed by atoms with Crippen LogP contribution >= 0.6 is 0 Å². The summed E-state index contributed by atoms with van der Waals surface area (Å²) in [5.74, 6) is 0. The molecule has 0 N–H and O–H groups in total. The van der Waals surface area contributed by atoms with Gasteiger partial charge in [0.05, 0.1) is 4.92 Å². The largest absolute Gasteiger partial charge is 0.269 e. The minimum Gasteiger partial charge on any atom is -0.258 e. The van der Waals surface area contributed by atoms with Gasteiger partial charge in [-0.05, 0) is 18.4 Å². The molecule has 0 aliphatic heterocycles. The molecule has 0 saturated carbocycles. The number of rotatable bonds is 4. The van der Waals surface area contributed by atoms with E-state index in [0.29, 0.717) is 0 Å². The monoisotopic (exact) mass is 176 g/mol. The first kappa shape index (κ1) is 9.45. The van der Waals surface area contributed by atoms with E-state index >= 15 is 0 Å². The molecule has 1 aromatic carbocycles. The van der Waals surface area contributed by atoms with Crippen LogP contribution in [0.3, 0.4) is 0 Å². The Bertz CT molecular complexity index is 303. The number of hydrogen-bond acceptors (Lipinski definition) is 2. The molecule has 3 heteroatoms. The molecule has 13 heavy (non-hydrogen) atoms. The van der Waals surface area contributed by atoms with Gasteiger partial charge in [-0.15, -0.1) is 6.58 Å². The van der Waals surface area contributed by atoms with Gasteiger partial charge in [0.15, 0.2) is 0 Å². The Hall–Kier alpha value is -1.64. The van der Waals surface area contributed by atoms with Crippen LogP contribution in [0.15, 0.2) is 36.9 Å². The maximum atomic E-state index is 10.3. The third-order valence-corrected chi connectivity index (χ3v) is 1.67. The van der Waals surface area contributed by atoms with E-state index in [2.05, 4.69) is 6.58 Å². The summed E-state index contributed by atoms with van der Waals surface area (Å²) in [6, 6.07) is 6.51. The van der Waals surface area contributed by atoms with Gasteiger partial charge in [-0.3, -0.25) is 10.1 Å². The van der Waals surface area contributed by atoms with Crippen LogP contribution in [0.25, 0.3) is 0 Å². The fraction of sp³-hybridized carbons (Fsp3) is 0.100. The molecule has 0 aliphatic rings. The summed E-state index contributed by atoms with van der Waals surface area (Å²) in [5.41, 5.74) is 1.17. The van der Waals surface area contributed by atoms with Gasteiger partial charge in [0.2, 0.25) is 0 Å². The number of nitro benzene ring substituents is 1. The topological polar surface area (TPSA) is 43.1 Å². The molecule has 0 spiro atoms. The van der Waals surface area contributed by atoms with E-state index in [0.717, 1.165) is 12.0 Å². The Labute approximate surface area is 76.9 Å².